The summed E-state index contributed by atoms with van der Waals surface area (Å²) in [5.74, 6) is 0. The minimum Gasteiger partial charge on any atom is -0.396 e. The van der Waals surface area contributed by atoms with Crippen LogP contribution in [0.25, 0.3) is 0 Å². The molecule has 1 heterocycles. The molecule has 1 aromatic heterocycles. The van der Waals surface area contributed by atoms with E-state index in [0.717, 1.165) is 12.8 Å². The zero-order chi connectivity index (χ0) is 10.9. The summed E-state index contributed by atoms with van der Waals surface area (Å²) in [7, 11) is 2.00. The molecule has 0 aliphatic heterocycles. The first kappa shape index (κ1) is 11.1. The highest BCUT2D eigenvalue weighted by Gasteiger charge is 2.44. The number of aryl methyl sites for hydroxylation is 1. The van der Waals surface area contributed by atoms with Crippen molar-refractivity contribution < 1.29 is 5.11 Å². The Bertz CT molecular complexity index is 325. The van der Waals surface area contributed by atoms with Gasteiger partial charge in [0, 0.05) is 16.3 Å². The first-order valence-electron chi connectivity index (χ1n) is 5.55. The third kappa shape index (κ3) is 1.73. The molecule has 1 aromatic rings. The molecule has 0 saturated heterocycles. The molecule has 3 heteroatoms. The lowest BCUT2D eigenvalue weighted by atomic mass is 9.64. The minimum absolute atomic E-state index is 0.102. The van der Waals surface area contributed by atoms with Crippen LogP contribution in [-0.4, -0.2) is 18.8 Å². The predicted octanol–water partition coefficient (Wildman–Crippen LogP) is 2.48. The Balaban J connectivity index is 2.27. The molecule has 1 fully saturated rings. The third-order valence-corrected chi connectivity index (χ3v) is 4.81. The summed E-state index contributed by atoms with van der Waals surface area (Å²) in [4.78, 5) is 1.39. The SMILES string of the molecule is CNC(c1sccc1C)C1(CO)CCC1. The molecule has 0 spiro atoms. The van der Waals surface area contributed by atoms with Crippen LogP contribution in [-0.2, 0) is 0 Å². The van der Waals surface area contributed by atoms with Crippen LogP contribution in [0.2, 0.25) is 0 Å². The fraction of sp³-hybridized carbons (Fsp3) is 0.667. The van der Waals surface area contributed by atoms with E-state index < -0.39 is 0 Å². The molecular formula is C12H19NOS. The van der Waals surface area contributed by atoms with E-state index >= 15 is 0 Å². The molecule has 0 radical (unpaired) electrons. The van der Waals surface area contributed by atoms with Gasteiger partial charge < -0.3 is 10.4 Å². The minimum atomic E-state index is 0.102. The van der Waals surface area contributed by atoms with Crippen LogP contribution in [0.15, 0.2) is 11.4 Å². The van der Waals surface area contributed by atoms with Crippen molar-refractivity contribution in [2.24, 2.45) is 5.41 Å². The first-order chi connectivity index (χ1) is 7.23. The summed E-state index contributed by atoms with van der Waals surface area (Å²) >= 11 is 1.80. The lowest BCUT2D eigenvalue weighted by Gasteiger charge is -2.46. The van der Waals surface area contributed by atoms with Gasteiger partial charge in [0.25, 0.3) is 0 Å². The molecule has 1 aliphatic carbocycles. The lowest BCUT2D eigenvalue weighted by molar-refractivity contribution is 0.00882. The highest BCUT2D eigenvalue weighted by molar-refractivity contribution is 7.10. The molecule has 1 aliphatic rings. The highest BCUT2D eigenvalue weighted by atomic mass is 32.1. The molecule has 15 heavy (non-hydrogen) atoms. The average Bonchev–Trinajstić information content (AvgIpc) is 2.58. The van der Waals surface area contributed by atoms with E-state index in [2.05, 4.69) is 23.7 Å². The second-order valence-electron chi connectivity index (χ2n) is 4.56. The van der Waals surface area contributed by atoms with Crippen molar-refractivity contribution in [3.05, 3.63) is 21.9 Å². The van der Waals surface area contributed by atoms with Gasteiger partial charge in [-0.25, -0.2) is 0 Å². The molecule has 84 valence electrons. The van der Waals surface area contributed by atoms with Crippen molar-refractivity contribution >= 4 is 11.3 Å². The molecule has 2 rings (SSSR count). The van der Waals surface area contributed by atoms with Gasteiger partial charge >= 0.3 is 0 Å². The molecule has 2 N–H and O–H groups in total. The van der Waals surface area contributed by atoms with Crippen LogP contribution in [0.5, 0.6) is 0 Å². The zero-order valence-electron chi connectivity index (χ0n) is 9.42. The van der Waals surface area contributed by atoms with Crippen LogP contribution in [0, 0.1) is 12.3 Å². The van der Waals surface area contributed by atoms with Gasteiger partial charge in [-0.05, 0) is 43.8 Å². The second-order valence-corrected chi connectivity index (χ2v) is 5.51. The van der Waals surface area contributed by atoms with E-state index in [1.165, 1.54) is 16.9 Å². The van der Waals surface area contributed by atoms with Gasteiger partial charge in [-0.2, -0.15) is 0 Å². The average molecular weight is 225 g/mol. The van der Waals surface area contributed by atoms with Crippen LogP contribution in [0.4, 0.5) is 0 Å². The van der Waals surface area contributed by atoms with E-state index in [9.17, 15) is 5.11 Å². The topological polar surface area (TPSA) is 32.3 Å². The standard InChI is InChI=1S/C12H19NOS/c1-9-4-7-15-10(9)11(13-2)12(8-14)5-3-6-12/h4,7,11,13-14H,3,5-6,8H2,1-2H3. The maximum atomic E-state index is 9.59. The van der Waals surface area contributed by atoms with E-state index in [0.29, 0.717) is 12.6 Å². The maximum absolute atomic E-state index is 9.59. The number of nitrogens with one attached hydrogen (secondary N) is 1. The van der Waals surface area contributed by atoms with Gasteiger partial charge in [-0.15, -0.1) is 11.3 Å². The van der Waals surface area contributed by atoms with Gasteiger partial charge in [0.1, 0.15) is 0 Å². The van der Waals surface area contributed by atoms with Crippen LogP contribution >= 0.6 is 11.3 Å². The second kappa shape index (κ2) is 4.24. The molecule has 0 aromatic carbocycles. The fourth-order valence-electron chi connectivity index (χ4n) is 2.56. The molecule has 0 amide bonds. The summed E-state index contributed by atoms with van der Waals surface area (Å²) in [5, 5.41) is 15.1. The van der Waals surface area contributed by atoms with Gasteiger partial charge in [-0.3, -0.25) is 0 Å². The van der Waals surface area contributed by atoms with E-state index in [1.54, 1.807) is 11.3 Å². The van der Waals surface area contributed by atoms with Crippen LogP contribution in [0.3, 0.4) is 0 Å². The first-order valence-corrected chi connectivity index (χ1v) is 6.43. The van der Waals surface area contributed by atoms with Gasteiger partial charge in [0.2, 0.25) is 0 Å². The van der Waals surface area contributed by atoms with E-state index in [4.69, 9.17) is 0 Å². The predicted molar refractivity (Wildman–Crippen MR) is 64.2 cm³/mol. The van der Waals surface area contributed by atoms with Crippen molar-refractivity contribution in [2.75, 3.05) is 13.7 Å². The van der Waals surface area contributed by atoms with Crippen molar-refractivity contribution in [1.29, 1.82) is 0 Å². The molecule has 1 saturated carbocycles. The number of rotatable bonds is 4. The number of aliphatic hydroxyl groups excluding tert-OH is 1. The van der Waals surface area contributed by atoms with E-state index in [1.807, 2.05) is 7.05 Å². The number of hydrogen-bond donors (Lipinski definition) is 2. The van der Waals surface area contributed by atoms with Gasteiger partial charge in [-0.1, -0.05) is 6.42 Å². The summed E-state index contributed by atoms with van der Waals surface area (Å²) in [6.07, 6.45) is 3.54. The van der Waals surface area contributed by atoms with E-state index in [-0.39, 0.29) is 5.41 Å². The largest absolute Gasteiger partial charge is 0.396 e. The lowest BCUT2D eigenvalue weighted by Crippen LogP contribution is -2.44. The molecule has 2 nitrogen and oxygen atoms in total. The smallest absolute Gasteiger partial charge is 0.0505 e. The van der Waals surface area contributed by atoms with Crippen molar-refractivity contribution in [3.63, 3.8) is 0 Å². The Morgan fingerprint density at radius 2 is 2.33 bits per heavy atom. The molecular weight excluding hydrogens is 206 g/mol. The van der Waals surface area contributed by atoms with Crippen molar-refractivity contribution in [2.45, 2.75) is 32.2 Å². The van der Waals surface area contributed by atoms with Crippen LogP contribution < -0.4 is 5.32 Å². The third-order valence-electron chi connectivity index (χ3n) is 3.73. The number of hydrogen-bond acceptors (Lipinski definition) is 3. The fourth-order valence-corrected chi connectivity index (χ4v) is 3.74. The maximum Gasteiger partial charge on any atom is 0.0505 e. The van der Waals surface area contributed by atoms with Crippen LogP contribution in [0.1, 0.15) is 35.7 Å². The molecule has 1 atom stereocenters. The Kier molecular flexibility index (Phi) is 3.14. The van der Waals surface area contributed by atoms with Gasteiger partial charge in [0.15, 0.2) is 0 Å². The quantitative estimate of drug-likeness (QED) is 0.825. The highest BCUT2D eigenvalue weighted by Crippen LogP contribution is 2.51. The monoisotopic (exact) mass is 225 g/mol. The molecule has 0 bridgehead atoms. The summed E-state index contributed by atoms with van der Waals surface area (Å²) in [6.45, 7) is 2.45. The summed E-state index contributed by atoms with van der Waals surface area (Å²) < 4.78 is 0. The Morgan fingerprint density at radius 1 is 1.60 bits per heavy atom. The molecule has 1 unspecified atom stereocenters. The number of thiophene rings is 1. The summed E-state index contributed by atoms with van der Waals surface area (Å²) in [5.41, 5.74) is 1.45. The zero-order valence-corrected chi connectivity index (χ0v) is 10.2. The summed E-state index contributed by atoms with van der Waals surface area (Å²) in [6, 6.07) is 2.49. The van der Waals surface area contributed by atoms with Gasteiger partial charge in [0.05, 0.1) is 6.61 Å². The van der Waals surface area contributed by atoms with Crippen molar-refractivity contribution in [3.8, 4) is 0 Å². The Labute approximate surface area is 95.3 Å². The Hall–Kier alpha value is -0.380. The van der Waals surface area contributed by atoms with Crippen molar-refractivity contribution in [1.82, 2.24) is 5.32 Å². The normalized spacial score (nSPS) is 21.0. The number of aliphatic hydroxyl groups is 1. The Morgan fingerprint density at radius 3 is 2.67 bits per heavy atom.